The van der Waals surface area contributed by atoms with Crippen molar-refractivity contribution in [3.8, 4) is 0 Å². The Hall–Kier alpha value is -0.140. The van der Waals surface area contributed by atoms with Crippen LogP contribution in [-0.4, -0.2) is 38.4 Å². The predicted octanol–water partition coefficient (Wildman–Crippen LogP) is 1.15. The molecule has 16 heavy (non-hydrogen) atoms. The molecule has 1 aromatic rings. The molecule has 7 heteroatoms. The molecule has 0 bridgehead atoms. The number of piperazine rings is 1. The molecule has 92 valence electrons. The molecule has 0 aliphatic carbocycles. The summed E-state index contributed by atoms with van der Waals surface area (Å²) in [7, 11) is -3.26. The van der Waals surface area contributed by atoms with E-state index in [1.165, 1.54) is 11.3 Å². The minimum absolute atomic E-state index is 0. The lowest BCUT2D eigenvalue weighted by molar-refractivity contribution is 0.284. The molecule has 0 saturated carbocycles. The van der Waals surface area contributed by atoms with Gasteiger partial charge in [0.1, 0.15) is 4.21 Å². The number of nitrogens with zero attached hydrogens (tertiary/aromatic N) is 1. The van der Waals surface area contributed by atoms with Crippen LogP contribution in [0, 0.1) is 0 Å². The molecule has 0 amide bonds. The van der Waals surface area contributed by atoms with Crippen LogP contribution in [0.1, 0.15) is 6.92 Å². The highest BCUT2D eigenvalue weighted by atomic mass is 35.5. The zero-order valence-electron chi connectivity index (χ0n) is 8.92. The van der Waals surface area contributed by atoms with Gasteiger partial charge in [0.25, 0.3) is 10.0 Å². The third-order valence-corrected chi connectivity index (χ3v) is 5.88. The summed E-state index contributed by atoms with van der Waals surface area (Å²) in [5, 5.41) is 4.97. The van der Waals surface area contributed by atoms with E-state index in [4.69, 9.17) is 0 Å². The molecule has 1 fully saturated rings. The van der Waals surface area contributed by atoms with Gasteiger partial charge < -0.3 is 5.32 Å². The molecular formula is C9H15ClN2O2S2. The smallest absolute Gasteiger partial charge is 0.252 e. The first kappa shape index (κ1) is 13.9. The summed E-state index contributed by atoms with van der Waals surface area (Å²) in [5.74, 6) is 0. The SMILES string of the molecule is C[C@@H]1CNCCN1S(=O)(=O)c1cccs1.Cl. The average molecular weight is 283 g/mol. The van der Waals surface area contributed by atoms with Crippen LogP contribution < -0.4 is 5.32 Å². The summed E-state index contributed by atoms with van der Waals surface area (Å²) in [4.78, 5) is 0. The molecule has 1 aromatic heterocycles. The van der Waals surface area contributed by atoms with Crippen molar-refractivity contribution in [2.24, 2.45) is 0 Å². The maximum atomic E-state index is 12.2. The zero-order valence-corrected chi connectivity index (χ0v) is 11.4. The van der Waals surface area contributed by atoms with Crippen LogP contribution in [0.25, 0.3) is 0 Å². The van der Waals surface area contributed by atoms with Crippen molar-refractivity contribution >= 4 is 33.8 Å². The van der Waals surface area contributed by atoms with Gasteiger partial charge in [0, 0.05) is 25.7 Å². The highest BCUT2D eigenvalue weighted by Crippen LogP contribution is 2.23. The highest BCUT2D eigenvalue weighted by Gasteiger charge is 2.31. The van der Waals surface area contributed by atoms with Crippen LogP contribution in [0.4, 0.5) is 0 Å². The van der Waals surface area contributed by atoms with Crippen LogP contribution in [0.2, 0.25) is 0 Å². The third kappa shape index (κ3) is 2.57. The fourth-order valence-electron chi connectivity index (χ4n) is 1.71. The topological polar surface area (TPSA) is 49.4 Å². The van der Waals surface area contributed by atoms with Crippen molar-refractivity contribution in [1.82, 2.24) is 9.62 Å². The zero-order chi connectivity index (χ0) is 10.9. The van der Waals surface area contributed by atoms with E-state index in [1.807, 2.05) is 6.92 Å². The van der Waals surface area contributed by atoms with E-state index >= 15 is 0 Å². The second-order valence-corrected chi connectivity index (χ2v) is 6.67. The number of halogens is 1. The Morgan fingerprint density at radius 2 is 2.31 bits per heavy atom. The average Bonchev–Trinajstić information content (AvgIpc) is 2.71. The van der Waals surface area contributed by atoms with Gasteiger partial charge in [0.15, 0.2) is 0 Å². The summed E-state index contributed by atoms with van der Waals surface area (Å²) in [6.07, 6.45) is 0. The van der Waals surface area contributed by atoms with Crippen molar-refractivity contribution in [2.75, 3.05) is 19.6 Å². The molecule has 4 nitrogen and oxygen atoms in total. The van der Waals surface area contributed by atoms with Crippen LogP contribution in [-0.2, 0) is 10.0 Å². The van der Waals surface area contributed by atoms with E-state index in [0.717, 1.165) is 13.1 Å². The van der Waals surface area contributed by atoms with Crippen LogP contribution in [0.15, 0.2) is 21.7 Å². The largest absolute Gasteiger partial charge is 0.314 e. The second kappa shape index (κ2) is 5.46. The minimum Gasteiger partial charge on any atom is -0.314 e. The molecule has 1 aliphatic heterocycles. The Bertz CT molecular complexity index is 419. The van der Waals surface area contributed by atoms with Gasteiger partial charge in [-0.05, 0) is 18.4 Å². The summed E-state index contributed by atoms with van der Waals surface area (Å²) in [6.45, 7) is 3.94. The van der Waals surface area contributed by atoms with Gasteiger partial charge in [-0.1, -0.05) is 6.07 Å². The molecule has 2 rings (SSSR count). The first-order valence-corrected chi connectivity index (χ1v) is 7.20. The van der Waals surface area contributed by atoms with Gasteiger partial charge in [-0.25, -0.2) is 8.42 Å². The lowest BCUT2D eigenvalue weighted by Gasteiger charge is -2.32. The number of hydrogen-bond acceptors (Lipinski definition) is 4. The quantitative estimate of drug-likeness (QED) is 0.885. The molecule has 1 atom stereocenters. The molecule has 1 aliphatic rings. The van der Waals surface area contributed by atoms with E-state index in [1.54, 1.807) is 21.8 Å². The number of thiophene rings is 1. The Kier molecular flexibility index (Phi) is 4.75. The van der Waals surface area contributed by atoms with Gasteiger partial charge in [0.05, 0.1) is 0 Å². The number of nitrogens with one attached hydrogen (secondary N) is 1. The fraction of sp³-hybridized carbons (Fsp3) is 0.556. The minimum atomic E-state index is -3.26. The molecule has 0 spiro atoms. The number of sulfonamides is 1. The van der Waals surface area contributed by atoms with Gasteiger partial charge >= 0.3 is 0 Å². The lowest BCUT2D eigenvalue weighted by atomic mass is 10.3. The van der Waals surface area contributed by atoms with Crippen molar-refractivity contribution in [1.29, 1.82) is 0 Å². The fourth-order valence-corrected chi connectivity index (χ4v) is 4.46. The van der Waals surface area contributed by atoms with E-state index in [9.17, 15) is 8.42 Å². The Labute approximate surface area is 106 Å². The van der Waals surface area contributed by atoms with E-state index in [2.05, 4.69) is 5.32 Å². The van der Waals surface area contributed by atoms with Crippen LogP contribution in [0.3, 0.4) is 0 Å². The standard InChI is InChI=1S/C9H14N2O2S2.ClH/c1-8-7-10-4-5-11(8)15(12,13)9-3-2-6-14-9;/h2-3,6,8,10H,4-5,7H2,1H3;1H/t8-;/m1./s1. The van der Waals surface area contributed by atoms with Crippen molar-refractivity contribution in [3.63, 3.8) is 0 Å². The highest BCUT2D eigenvalue weighted by molar-refractivity contribution is 7.91. The molecular weight excluding hydrogens is 268 g/mol. The summed E-state index contributed by atoms with van der Waals surface area (Å²) >= 11 is 1.28. The summed E-state index contributed by atoms with van der Waals surface area (Å²) in [5.41, 5.74) is 0. The van der Waals surface area contributed by atoms with E-state index < -0.39 is 10.0 Å². The molecule has 2 heterocycles. The predicted molar refractivity (Wildman–Crippen MR) is 67.8 cm³/mol. The van der Waals surface area contributed by atoms with Crippen molar-refractivity contribution in [2.45, 2.75) is 17.2 Å². The van der Waals surface area contributed by atoms with Crippen molar-refractivity contribution < 1.29 is 8.42 Å². The summed E-state index contributed by atoms with van der Waals surface area (Å²) in [6, 6.07) is 3.46. The van der Waals surface area contributed by atoms with E-state index in [0.29, 0.717) is 10.8 Å². The first-order chi connectivity index (χ1) is 7.12. The van der Waals surface area contributed by atoms with Gasteiger partial charge in [-0.3, -0.25) is 0 Å². The van der Waals surface area contributed by atoms with Gasteiger partial charge in [0.2, 0.25) is 0 Å². The normalized spacial score (nSPS) is 22.7. The Morgan fingerprint density at radius 3 is 2.88 bits per heavy atom. The van der Waals surface area contributed by atoms with Crippen LogP contribution in [0.5, 0.6) is 0 Å². The lowest BCUT2D eigenvalue weighted by Crippen LogP contribution is -2.51. The molecule has 0 unspecified atom stereocenters. The molecule has 1 N–H and O–H groups in total. The summed E-state index contributed by atoms with van der Waals surface area (Å²) < 4.78 is 26.4. The van der Waals surface area contributed by atoms with Crippen LogP contribution >= 0.6 is 23.7 Å². The molecule has 1 saturated heterocycles. The number of hydrogen-bond donors (Lipinski definition) is 1. The Morgan fingerprint density at radius 1 is 1.56 bits per heavy atom. The van der Waals surface area contributed by atoms with Gasteiger partial charge in [-0.2, -0.15) is 4.31 Å². The first-order valence-electron chi connectivity index (χ1n) is 4.88. The van der Waals surface area contributed by atoms with E-state index in [-0.39, 0.29) is 18.4 Å². The monoisotopic (exact) mass is 282 g/mol. The third-order valence-electron chi connectivity index (χ3n) is 2.50. The van der Waals surface area contributed by atoms with Crippen molar-refractivity contribution in [3.05, 3.63) is 17.5 Å². The van der Waals surface area contributed by atoms with Gasteiger partial charge in [-0.15, -0.1) is 23.7 Å². The Balaban J connectivity index is 0.00000128. The maximum Gasteiger partial charge on any atom is 0.252 e. The molecule has 0 radical (unpaired) electrons. The second-order valence-electron chi connectivity index (χ2n) is 3.60. The maximum absolute atomic E-state index is 12.2. The number of rotatable bonds is 2. The molecule has 0 aromatic carbocycles.